The van der Waals surface area contributed by atoms with Gasteiger partial charge in [-0.2, -0.15) is 0 Å². The van der Waals surface area contributed by atoms with E-state index in [4.69, 9.17) is 0 Å². The summed E-state index contributed by atoms with van der Waals surface area (Å²) in [5.74, 6) is -0.149. The van der Waals surface area contributed by atoms with Gasteiger partial charge in [-0.05, 0) is 49.1 Å². The highest BCUT2D eigenvalue weighted by atomic mass is 32.1. The van der Waals surface area contributed by atoms with Crippen molar-refractivity contribution in [3.63, 3.8) is 0 Å². The molecule has 0 aliphatic carbocycles. The summed E-state index contributed by atoms with van der Waals surface area (Å²) in [7, 11) is 0. The first-order valence-corrected chi connectivity index (χ1v) is 10.6. The summed E-state index contributed by atoms with van der Waals surface area (Å²) in [6, 6.07) is 13.6. The van der Waals surface area contributed by atoms with Crippen LogP contribution in [0.3, 0.4) is 0 Å². The summed E-state index contributed by atoms with van der Waals surface area (Å²) in [6.45, 7) is 8.95. The van der Waals surface area contributed by atoms with E-state index >= 15 is 0 Å². The van der Waals surface area contributed by atoms with E-state index in [9.17, 15) is 9.59 Å². The number of rotatable bonds is 7. The lowest BCUT2D eigenvalue weighted by molar-refractivity contribution is -0.118. The minimum absolute atomic E-state index is 0.0102. The topological polar surface area (TPSA) is 63.1 Å². The summed E-state index contributed by atoms with van der Waals surface area (Å²) < 4.78 is 2.17. The molecule has 2 N–H and O–H groups in total. The monoisotopic (exact) mass is 409 g/mol. The molecule has 0 aliphatic rings. The molecule has 0 unspecified atom stereocenters. The second kappa shape index (κ2) is 9.09. The average Bonchev–Trinajstić information content (AvgIpc) is 3.31. The molecule has 0 bridgehead atoms. The maximum atomic E-state index is 12.7. The Morgan fingerprint density at radius 2 is 1.83 bits per heavy atom. The molecule has 152 valence electrons. The van der Waals surface area contributed by atoms with Gasteiger partial charge in [0.25, 0.3) is 5.91 Å². The van der Waals surface area contributed by atoms with Gasteiger partial charge in [-0.3, -0.25) is 9.59 Å². The molecule has 0 spiro atoms. The Hall–Kier alpha value is -2.86. The van der Waals surface area contributed by atoms with Gasteiger partial charge < -0.3 is 15.2 Å². The van der Waals surface area contributed by atoms with Crippen molar-refractivity contribution in [3.8, 4) is 0 Å². The molecule has 1 aromatic carbocycles. The predicted octanol–water partition coefficient (Wildman–Crippen LogP) is 4.74. The van der Waals surface area contributed by atoms with Gasteiger partial charge in [0, 0.05) is 34.4 Å². The first kappa shape index (κ1) is 20.9. The minimum Gasteiger partial charge on any atom is -0.348 e. The van der Waals surface area contributed by atoms with Crippen molar-refractivity contribution in [1.29, 1.82) is 0 Å². The average molecular weight is 410 g/mol. The molecule has 5 nitrogen and oxygen atoms in total. The van der Waals surface area contributed by atoms with Crippen LogP contribution >= 0.6 is 11.3 Å². The Kier molecular flexibility index (Phi) is 6.54. The number of benzene rings is 1. The molecule has 0 saturated carbocycles. The van der Waals surface area contributed by atoms with E-state index in [1.165, 1.54) is 4.88 Å². The van der Waals surface area contributed by atoms with Crippen molar-refractivity contribution in [2.24, 2.45) is 5.92 Å². The molecule has 3 rings (SSSR count). The number of aromatic nitrogens is 1. The van der Waals surface area contributed by atoms with Crippen LogP contribution in [0.25, 0.3) is 0 Å². The van der Waals surface area contributed by atoms with Crippen molar-refractivity contribution in [2.75, 3.05) is 5.32 Å². The lowest BCUT2D eigenvalue weighted by Crippen LogP contribution is -2.23. The molecule has 3 aromatic rings. The number of carbonyl (C=O) groups is 2. The van der Waals surface area contributed by atoms with Crippen LogP contribution in [0.4, 0.5) is 5.69 Å². The lowest BCUT2D eigenvalue weighted by atomic mass is 10.1. The van der Waals surface area contributed by atoms with E-state index < -0.39 is 0 Å². The fraction of sp³-hybridized carbons (Fsp3) is 0.304. The molecule has 0 radical (unpaired) electrons. The lowest BCUT2D eigenvalue weighted by Gasteiger charge is -2.10. The molecule has 0 saturated heterocycles. The maximum absolute atomic E-state index is 12.7. The molecule has 2 amide bonds. The smallest absolute Gasteiger partial charge is 0.253 e. The highest BCUT2D eigenvalue weighted by Gasteiger charge is 2.16. The van der Waals surface area contributed by atoms with Gasteiger partial charge in [0.05, 0.1) is 12.1 Å². The number of nitrogens with one attached hydrogen (secondary N) is 2. The minimum atomic E-state index is -0.0762. The fourth-order valence-electron chi connectivity index (χ4n) is 3.10. The largest absolute Gasteiger partial charge is 0.348 e. The molecule has 6 heteroatoms. The zero-order chi connectivity index (χ0) is 21.0. The molecule has 0 atom stereocenters. The van der Waals surface area contributed by atoms with E-state index in [0.717, 1.165) is 29.2 Å². The molecular weight excluding hydrogens is 382 g/mol. The number of hydrogen-bond donors (Lipinski definition) is 2. The van der Waals surface area contributed by atoms with E-state index in [2.05, 4.69) is 26.6 Å². The second-order valence-corrected chi connectivity index (χ2v) is 8.51. The summed E-state index contributed by atoms with van der Waals surface area (Å²) in [5, 5.41) is 7.93. The van der Waals surface area contributed by atoms with Gasteiger partial charge in [0.15, 0.2) is 0 Å². The van der Waals surface area contributed by atoms with Crippen LogP contribution < -0.4 is 10.6 Å². The highest BCUT2D eigenvalue weighted by molar-refractivity contribution is 7.09. The van der Waals surface area contributed by atoms with Gasteiger partial charge in [-0.25, -0.2) is 0 Å². The van der Waals surface area contributed by atoms with E-state index in [0.29, 0.717) is 12.1 Å². The Labute approximate surface area is 175 Å². The van der Waals surface area contributed by atoms with Crippen molar-refractivity contribution in [1.82, 2.24) is 9.88 Å². The van der Waals surface area contributed by atoms with E-state index in [-0.39, 0.29) is 17.7 Å². The SMILES string of the molecule is Cc1cc(C(=O)NCc2ccc(NC(=O)C(C)C)cc2)c(C)n1Cc1cccs1. The van der Waals surface area contributed by atoms with E-state index in [1.807, 2.05) is 64.1 Å². The number of amides is 2. The number of nitrogens with zero attached hydrogens (tertiary/aromatic N) is 1. The molecule has 0 fully saturated rings. The van der Waals surface area contributed by atoms with Crippen LogP contribution in [0, 0.1) is 19.8 Å². The van der Waals surface area contributed by atoms with Crippen LogP contribution in [-0.4, -0.2) is 16.4 Å². The van der Waals surface area contributed by atoms with Gasteiger partial charge in [0.1, 0.15) is 0 Å². The van der Waals surface area contributed by atoms with E-state index in [1.54, 1.807) is 11.3 Å². The van der Waals surface area contributed by atoms with Gasteiger partial charge >= 0.3 is 0 Å². The third-order valence-corrected chi connectivity index (χ3v) is 5.77. The quantitative estimate of drug-likeness (QED) is 0.592. The van der Waals surface area contributed by atoms with Gasteiger partial charge in [0.2, 0.25) is 5.91 Å². The van der Waals surface area contributed by atoms with Crippen LogP contribution in [-0.2, 0) is 17.9 Å². The van der Waals surface area contributed by atoms with Crippen molar-refractivity contribution in [2.45, 2.75) is 40.8 Å². The summed E-state index contributed by atoms with van der Waals surface area (Å²) >= 11 is 1.72. The fourth-order valence-corrected chi connectivity index (χ4v) is 3.80. The molecule has 2 aromatic heterocycles. The summed E-state index contributed by atoms with van der Waals surface area (Å²) in [4.78, 5) is 25.7. The predicted molar refractivity (Wildman–Crippen MR) is 118 cm³/mol. The van der Waals surface area contributed by atoms with Crippen LogP contribution in [0.2, 0.25) is 0 Å². The maximum Gasteiger partial charge on any atom is 0.253 e. The second-order valence-electron chi connectivity index (χ2n) is 7.47. The Bertz CT molecular complexity index is 986. The number of aryl methyl sites for hydroxylation is 1. The molecule has 29 heavy (non-hydrogen) atoms. The zero-order valence-corrected chi connectivity index (χ0v) is 18.1. The number of thiophene rings is 1. The van der Waals surface area contributed by atoms with Gasteiger partial charge in [-0.1, -0.05) is 32.0 Å². The zero-order valence-electron chi connectivity index (χ0n) is 17.3. The Morgan fingerprint density at radius 1 is 1.10 bits per heavy atom. The molecule has 0 aliphatic heterocycles. The Morgan fingerprint density at radius 3 is 2.45 bits per heavy atom. The standard InChI is InChI=1S/C23H27N3O2S/c1-15(2)22(27)25-19-9-7-18(8-10-19)13-24-23(28)21-12-16(3)26(17(21)4)14-20-6-5-11-29-20/h5-12,15H,13-14H2,1-4H3,(H,24,28)(H,25,27). The highest BCUT2D eigenvalue weighted by Crippen LogP contribution is 2.19. The van der Waals surface area contributed by atoms with Crippen LogP contribution in [0.1, 0.15) is 46.0 Å². The third-order valence-electron chi connectivity index (χ3n) is 4.91. The summed E-state index contributed by atoms with van der Waals surface area (Å²) in [6.07, 6.45) is 0. The normalized spacial score (nSPS) is 10.9. The number of anilines is 1. The number of hydrogen-bond acceptors (Lipinski definition) is 3. The Balaban J connectivity index is 1.61. The molecular formula is C23H27N3O2S. The van der Waals surface area contributed by atoms with Crippen LogP contribution in [0.15, 0.2) is 47.8 Å². The molecule has 2 heterocycles. The van der Waals surface area contributed by atoms with Crippen LogP contribution in [0.5, 0.6) is 0 Å². The van der Waals surface area contributed by atoms with Crippen molar-refractivity contribution < 1.29 is 9.59 Å². The van der Waals surface area contributed by atoms with Crippen molar-refractivity contribution in [3.05, 3.63) is 75.2 Å². The third kappa shape index (κ3) is 5.15. The van der Waals surface area contributed by atoms with Gasteiger partial charge in [-0.15, -0.1) is 11.3 Å². The summed E-state index contributed by atoms with van der Waals surface area (Å²) in [5.41, 5.74) is 4.50. The first-order valence-electron chi connectivity index (χ1n) is 9.72. The first-order chi connectivity index (χ1) is 13.8. The van der Waals surface area contributed by atoms with Crippen molar-refractivity contribution >= 4 is 28.8 Å². The number of carbonyl (C=O) groups excluding carboxylic acids is 2.